The lowest BCUT2D eigenvalue weighted by Gasteiger charge is -2.43. The molecule has 2 bridgehead atoms. The monoisotopic (exact) mass is 386 g/mol. The Morgan fingerprint density at radius 2 is 2.11 bits per heavy atom. The molecule has 0 N–H and O–H groups in total. The van der Waals surface area contributed by atoms with Crippen LogP contribution in [-0.4, -0.2) is 22.5 Å². The van der Waals surface area contributed by atoms with Crippen molar-refractivity contribution in [1.82, 2.24) is 0 Å². The number of rotatable bonds is 3. The van der Waals surface area contributed by atoms with Gasteiger partial charge in [0, 0.05) is 10.9 Å². The number of hydrogen-bond donors (Lipinski definition) is 0. The molecule has 19 heavy (non-hydrogen) atoms. The van der Waals surface area contributed by atoms with Crippen LogP contribution in [0.1, 0.15) is 12.0 Å². The second-order valence-corrected chi connectivity index (χ2v) is 6.94. The number of benzene rings is 1. The van der Waals surface area contributed by atoms with E-state index in [1.54, 1.807) is 0 Å². The lowest BCUT2D eigenvalue weighted by molar-refractivity contribution is -0.165. The van der Waals surface area contributed by atoms with Crippen LogP contribution < -0.4 is 0 Å². The summed E-state index contributed by atoms with van der Waals surface area (Å²) >= 11 is 6.90. The van der Waals surface area contributed by atoms with Gasteiger partial charge in [0.05, 0.1) is 12.7 Å². The number of fused-ring (bicyclic) bond motifs is 2. The van der Waals surface area contributed by atoms with Crippen molar-refractivity contribution in [2.45, 2.75) is 29.6 Å². The van der Waals surface area contributed by atoms with Crippen LogP contribution in [0.15, 0.2) is 40.9 Å². The first-order valence-corrected chi connectivity index (χ1v) is 7.62. The first-order valence-electron chi connectivity index (χ1n) is 6.03. The molecule has 1 aromatic rings. The Hall–Kier alpha value is -0.650. The average molecular weight is 388 g/mol. The number of halogens is 2. The molecule has 0 radical (unpaired) electrons. The Kier molecular flexibility index (Phi) is 3.53. The maximum atomic E-state index is 11.9. The molecule has 1 saturated heterocycles. The van der Waals surface area contributed by atoms with Crippen molar-refractivity contribution < 1.29 is 14.3 Å². The summed E-state index contributed by atoms with van der Waals surface area (Å²) in [5, 5.41) is 0. The van der Waals surface area contributed by atoms with E-state index >= 15 is 0 Å². The van der Waals surface area contributed by atoms with Crippen LogP contribution in [0.2, 0.25) is 0 Å². The number of esters is 1. The van der Waals surface area contributed by atoms with Crippen molar-refractivity contribution in [3.63, 3.8) is 0 Å². The van der Waals surface area contributed by atoms with Crippen LogP contribution in [0.3, 0.4) is 0 Å². The first-order chi connectivity index (χ1) is 9.09. The second kappa shape index (κ2) is 5.04. The minimum atomic E-state index is -0.866. The maximum absolute atomic E-state index is 11.9. The summed E-state index contributed by atoms with van der Waals surface area (Å²) in [5.41, 5.74) is 1.09. The molecule has 0 amide bonds. The SMILES string of the molecule is O=C1OC2CC(OCc3ccccc3)C1(Br)C=C2Br. The van der Waals surface area contributed by atoms with Gasteiger partial charge >= 0.3 is 5.97 Å². The van der Waals surface area contributed by atoms with Gasteiger partial charge in [-0.1, -0.05) is 62.2 Å². The quantitative estimate of drug-likeness (QED) is 0.589. The average Bonchev–Trinajstić information content (AvgIpc) is 2.40. The van der Waals surface area contributed by atoms with Crippen molar-refractivity contribution in [2.24, 2.45) is 0 Å². The minimum absolute atomic E-state index is 0.208. The summed E-state index contributed by atoms with van der Waals surface area (Å²) in [5.74, 6) is -0.273. The number of carbonyl (C=O) groups is 1. The molecule has 1 aliphatic carbocycles. The molecule has 1 aromatic carbocycles. The molecule has 5 heteroatoms. The summed E-state index contributed by atoms with van der Waals surface area (Å²) in [4.78, 5) is 11.9. The van der Waals surface area contributed by atoms with E-state index < -0.39 is 4.32 Å². The van der Waals surface area contributed by atoms with Gasteiger partial charge in [0.15, 0.2) is 4.32 Å². The lowest BCUT2D eigenvalue weighted by atomic mass is 9.87. The zero-order valence-corrected chi connectivity index (χ0v) is 13.2. The van der Waals surface area contributed by atoms with E-state index in [1.807, 2.05) is 36.4 Å². The zero-order chi connectivity index (χ0) is 13.5. The number of ether oxygens (including phenoxy) is 2. The standard InChI is InChI=1S/C14H12Br2O3/c15-10-7-14(16)12(6-11(10)19-13(14)17)18-8-9-4-2-1-3-5-9/h1-5,7,11-12H,6,8H2. The molecule has 0 aromatic heterocycles. The molecule has 3 unspecified atom stereocenters. The van der Waals surface area contributed by atoms with E-state index in [-0.39, 0.29) is 18.2 Å². The van der Waals surface area contributed by atoms with Crippen molar-refractivity contribution in [2.75, 3.05) is 0 Å². The van der Waals surface area contributed by atoms with Gasteiger partial charge in [-0.2, -0.15) is 0 Å². The van der Waals surface area contributed by atoms with Crippen LogP contribution >= 0.6 is 31.9 Å². The second-order valence-electron chi connectivity index (χ2n) is 4.71. The van der Waals surface area contributed by atoms with Gasteiger partial charge in [-0.05, 0) is 11.6 Å². The Balaban J connectivity index is 1.75. The fraction of sp³-hybridized carbons (Fsp3) is 0.357. The highest BCUT2D eigenvalue weighted by Gasteiger charge is 2.54. The lowest BCUT2D eigenvalue weighted by Crippen LogP contribution is -2.56. The Morgan fingerprint density at radius 3 is 2.84 bits per heavy atom. The van der Waals surface area contributed by atoms with Crippen molar-refractivity contribution in [3.8, 4) is 0 Å². The van der Waals surface area contributed by atoms with Crippen LogP contribution in [0.5, 0.6) is 0 Å². The van der Waals surface area contributed by atoms with Gasteiger partial charge < -0.3 is 9.47 Å². The minimum Gasteiger partial charge on any atom is -0.455 e. The Labute approximate surface area is 128 Å². The van der Waals surface area contributed by atoms with Crippen LogP contribution in [0.4, 0.5) is 0 Å². The summed E-state index contributed by atoms with van der Waals surface area (Å²) in [7, 11) is 0. The summed E-state index contributed by atoms with van der Waals surface area (Å²) in [6.07, 6.45) is 2.09. The van der Waals surface area contributed by atoms with Gasteiger partial charge in [0.2, 0.25) is 0 Å². The third-order valence-electron chi connectivity index (χ3n) is 3.41. The largest absolute Gasteiger partial charge is 0.455 e. The Bertz CT molecular complexity index is 529. The van der Waals surface area contributed by atoms with Gasteiger partial charge in [-0.25, -0.2) is 0 Å². The molecular weight excluding hydrogens is 376 g/mol. The molecule has 3 atom stereocenters. The van der Waals surface area contributed by atoms with Gasteiger partial charge in [-0.15, -0.1) is 0 Å². The number of hydrogen-bond acceptors (Lipinski definition) is 3. The fourth-order valence-electron chi connectivity index (χ4n) is 2.34. The molecule has 4 rings (SSSR count). The highest BCUT2D eigenvalue weighted by atomic mass is 79.9. The summed E-state index contributed by atoms with van der Waals surface area (Å²) < 4.78 is 11.3. The van der Waals surface area contributed by atoms with Crippen LogP contribution in [0.25, 0.3) is 0 Å². The molecule has 100 valence electrons. The van der Waals surface area contributed by atoms with Gasteiger partial charge in [0.25, 0.3) is 0 Å². The number of alkyl halides is 1. The van der Waals surface area contributed by atoms with Crippen molar-refractivity contribution in [3.05, 3.63) is 46.5 Å². The van der Waals surface area contributed by atoms with E-state index in [1.165, 1.54) is 0 Å². The molecule has 0 saturated carbocycles. The summed E-state index contributed by atoms with van der Waals surface area (Å²) in [6, 6.07) is 9.92. The fourth-order valence-corrected chi connectivity index (χ4v) is 3.95. The first kappa shape index (κ1) is 13.3. The highest BCUT2D eigenvalue weighted by molar-refractivity contribution is 9.12. The smallest absolute Gasteiger partial charge is 0.330 e. The third-order valence-corrected chi connectivity index (χ3v) is 5.21. The van der Waals surface area contributed by atoms with Gasteiger partial charge in [0.1, 0.15) is 6.10 Å². The van der Waals surface area contributed by atoms with E-state index in [0.29, 0.717) is 13.0 Å². The zero-order valence-electron chi connectivity index (χ0n) is 10.0. The van der Waals surface area contributed by atoms with Crippen LogP contribution in [0, 0.1) is 0 Å². The van der Waals surface area contributed by atoms with Crippen LogP contribution in [-0.2, 0) is 20.9 Å². The molecular formula is C14H12Br2O3. The highest BCUT2D eigenvalue weighted by Crippen LogP contribution is 2.45. The van der Waals surface area contributed by atoms with E-state index in [9.17, 15) is 4.79 Å². The predicted octanol–water partition coefficient (Wildman–Crippen LogP) is 3.31. The topological polar surface area (TPSA) is 35.5 Å². The van der Waals surface area contributed by atoms with Gasteiger partial charge in [-0.3, -0.25) is 4.79 Å². The van der Waals surface area contributed by atoms with E-state index in [0.717, 1.165) is 10.0 Å². The third kappa shape index (κ3) is 2.39. The molecule has 2 heterocycles. The molecule has 3 aliphatic rings. The number of carbonyl (C=O) groups excluding carboxylic acids is 1. The predicted molar refractivity (Wildman–Crippen MR) is 78.2 cm³/mol. The van der Waals surface area contributed by atoms with Crippen molar-refractivity contribution >= 4 is 37.8 Å². The molecule has 0 spiro atoms. The maximum Gasteiger partial charge on any atom is 0.330 e. The van der Waals surface area contributed by atoms with Crippen molar-refractivity contribution in [1.29, 1.82) is 0 Å². The summed E-state index contributed by atoms with van der Waals surface area (Å²) in [6.45, 7) is 0.490. The van der Waals surface area contributed by atoms with E-state index in [2.05, 4.69) is 31.9 Å². The Morgan fingerprint density at radius 1 is 1.37 bits per heavy atom. The molecule has 3 nitrogen and oxygen atoms in total. The van der Waals surface area contributed by atoms with E-state index in [4.69, 9.17) is 9.47 Å². The molecule has 2 aliphatic heterocycles. The normalized spacial score (nSPS) is 32.9. The molecule has 1 fully saturated rings.